The molecule has 4 nitrogen and oxygen atoms in total. The molecule has 0 saturated carbocycles. The molecule has 0 aliphatic carbocycles. The molecule has 1 aromatic carbocycles. The molecule has 0 atom stereocenters. The molecule has 0 saturated heterocycles. The van der Waals surface area contributed by atoms with Crippen LogP contribution < -0.4 is 5.56 Å². The molecule has 0 bridgehead atoms. The molecule has 5 heteroatoms. The van der Waals surface area contributed by atoms with Crippen molar-refractivity contribution in [2.45, 2.75) is 0 Å². The summed E-state index contributed by atoms with van der Waals surface area (Å²) in [6, 6.07) is 9.75. The van der Waals surface area contributed by atoms with Crippen LogP contribution in [0.25, 0.3) is 16.7 Å². The largest absolute Gasteiger partial charge is 0.311 e. The zero-order valence-electron chi connectivity index (χ0n) is 8.72. The number of hydrogen-bond donors (Lipinski definition) is 1. The van der Waals surface area contributed by atoms with Gasteiger partial charge in [-0.05, 0) is 34.7 Å². The molecule has 84 valence electrons. The van der Waals surface area contributed by atoms with Crippen LogP contribution in [-0.4, -0.2) is 14.5 Å². The summed E-state index contributed by atoms with van der Waals surface area (Å²) < 4.78 is 2.83. The highest BCUT2D eigenvalue weighted by Gasteiger charge is 2.11. The van der Waals surface area contributed by atoms with Crippen LogP contribution in [0, 0.1) is 3.57 Å². The first-order valence-corrected chi connectivity index (χ1v) is 6.15. The van der Waals surface area contributed by atoms with E-state index < -0.39 is 0 Å². The van der Waals surface area contributed by atoms with E-state index >= 15 is 0 Å². The summed E-state index contributed by atoms with van der Waals surface area (Å²) in [5, 5.41) is 0. The fourth-order valence-electron chi connectivity index (χ4n) is 1.82. The van der Waals surface area contributed by atoms with Crippen LogP contribution in [0.3, 0.4) is 0 Å². The fourth-order valence-corrected chi connectivity index (χ4v) is 2.50. The lowest BCUT2D eigenvalue weighted by Gasteiger charge is -2.02. The third kappa shape index (κ3) is 1.66. The zero-order valence-corrected chi connectivity index (χ0v) is 10.9. The molecular weight excluding hydrogens is 329 g/mol. The lowest BCUT2D eigenvalue weighted by molar-refractivity contribution is 1.08. The highest BCUT2D eigenvalue weighted by Crippen LogP contribution is 2.21. The van der Waals surface area contributed by atoms with Crippen LogP contribution >= 0.6 is 22.6 Å². The Balaban J connectivity index is 2.43. The molecule has 2 aromatic heterocycles. The van der Waals surface area contributed by atoms with Crippen molar-refractivity contribution in [3.63, 3.8) is 0 Å². The van der Waals surface area contributed by atoms with Crippen LogP contribution in [-0.2, 0) is 0 Å². The summed E-state index contributed by atoms with van der Waals surface area (Å²) in [4.78, 5) is 18.7. The normalized spacial score (nSPS) is 10.9. The Morgan fingerprint density at radius 1 is 1.24 bits per heavy atom. The summed E-state index contributed by atoms with van der Waals surface area (Å²) in [5.41, 5.74) is 2.15. The van der Waals surface area contributed by atoms with E-state index in [1.165, 1.54) is 6.33 Å². The number of hydrogen-bond acceptors (Lipinski definition) is 2. The van der Waals surface area contributed by atoms with Crippen molar-refractivity contribution in [2.24, 2.45) is 0 Å². The molecular formula is C12H8IN3O. The van der Waals surface area contributed by atoms with E-state index in [9.17, 15) is 4.79 Å². The number of aromatic nitrogens is 3. The van der Waals surface area contributed by atoms with E-state index in [0.717, 1.165) is 14.8 Å². The summed E-state index contributed by atoms with van der Waals surface area (Å²) in [6.07, 6.45) is 3.35. The standard InChI is InChI=1S/C12H8IN3O/c13-9-6-16(8-4-2-1-3-5-8)11-10(9)14-7-15-12(11)17/h1-7H,(H,14,15,17). The Hall–Kier alpha value is -1.63. The quantitative estimate of drug-likeness (QED) is 0.693. The molecule has 2 heterocycles. The average molecular weight is 337 g/mol. The Morgan fingerprint density at radius 2 is 2.00 bits per heavy atom. The number of nitrogens with one attached hydrogen (secondary N) is 1. The van der Waals surface area contributed by atoms with Crippen molar-refractivity contribution in [3.05, 3.63) is 56.8 Å². The second-order valence-electron chi connectivity index (χ2n) is 3.61. The van der Waals surface area contributed by atoms with Crippen molar-refractivity contribution < 1.29 is 0 Å². The Bertz CT molecular complexity index is 730. The molecule has 0 spiro atoms. The van der Waals surface area contributed by atoms with Gasteiger partial charge in [0.15, 0.2) is 0 Å². The minimum absolute atomic E-state index is 0.123. The average Bonchev–Trinajstić information content (AvgIpc) is 2.70. The van der Waals surface area contributed by atoms with E-state index in [4.69, 9.17) is 0 Å². The van der Waals surface area contributed by atoms with E-state index in [0.29, 0.717) is 5.52 Å². The van der Waals surface area contributed by atoms with Gasteiger partial charge in [-0.25, -0.2) is 4.98 Å². The fraction of sp³-hybridized carbons (Fsp3) is 0. The van der Waals surface area contributed by atoms with Crippen LogP contribution in [0.5, 0.6) is 0 Å². The van der Waals surface area contributed by atoms with Crippen molar-refractivity contribution >= 4 is 33.6 Å². The van der Waals surface area contributed by atoms with E-state index in [2.05, 4.69) is 32.6 Å². The second-order valence-corrected chi connectivity index (χ2v) is 4.77. The predicted molar refractivity (Wildman–Crippen MR) is 74.4 cm³/mol. The van der Waals surface area contributed by atoms with Crippen molar-refractivity contribution in [1.29, 1.82) is 0 Å². The number of H-pyrrole nitrogens is 1. The van der Waals surface area contributed by atoms with Crippen LogP contribution in [0.15, 0.2) is 47.7 Å². The second kappa shape index (κ2) is 3.99. The molecule has 3 aromatic rings. The van der Waals surface area contributed by atoms with Crippen LogP contribution in [0.2, 0.25) is 0 Å². The zero-order chi connectivity index (χ0) is 11.8. The van der Waals surface area contributed by atoms with E-state index in [1.807, 2.05) is 41.1 Å². The van der Waals surface area contributed by atoms with Gasteiger partial charge in [-0.3, -0.25) is 4.79 Å². The highest BCUT2D eigenvalue weighted by molar-refractivity contribution is 14.1. The topological polar surface area (TPSA) is 50.7 Å². The van der Waals surface area contributed by atoms with Gasteiger partial charge >= 0.3 is 0 Å². The summed E-state index contributed by atoms with van der Waals surface area (Å²) in [6.45, 7) is 0. The number of para-hydroxylation sites is 1. The Morgan fingerprint density at radius 3 is 2.76 bits per heavy atom. The van der Waals surface area contributed by atoms with Gasteiger partial charge in [-0.15, -0.1) is 0 Å². The summed E-state index contributed by atoms with van der Waals surface area (Å²) in [5.74, 6) is 0. The van der Waals surface area contributed by atoms with E-state index in [-0.39, 0.29) is 5.56 Å². The SMILES string of the molecule is O=c1[nH]cnc2c(I)cn(-c3ccccc3)c12. The molecule has 3 rings (SSSR count). The maximum atomic E-state index is 11.9. The molecule has 1 N–H and O–H groups in total. The molecule has 0 aliphatic heterocycles. The van der Waals surface area contributed by atoms with Gasteiger partial charge in [-0.1, -0.05) is 18.2 Å². The highest BCUT2D eigenvalue weighted by atomic mass is 127. The summed E-state index contributed by atoms with van der Waals surface area (Å²) >= 11 is 2.19. The Labute approximate surface area is 110 Å². The predicted octanol–water partition coefficient (Wildman–Crippen LogP) is 2.32. The van der Waals surface area contributed by atoms with Gasteiger partial charge in [0, 0.05) is 11.9 Å². The van der Waals surface area contributed by atoms with Gasteiger partial charge in [0.1, 0.15) is 11.0 Å². The monoisotopic (exact) mass is 337 g/mol. The molecule has 0 fully saturated rings. The number of aromatic amines is 1. The minimum Gasteiger partial charge on any atom is -0.311 e. The van der Waals surface area contributed by atoms with Crippen molar-refractivity contribution in [2.75, 3.05) is 0 Å². The van der Waals surface area contributed by atoms with Gasteiger partial charge in [-0.2, -0.15) is 0 Å². The van der Waals surface area contributed by atoms with Gasteiger partial charge < -0.3 is 9.55 Å². The van der Waals surface area contributed by atoms with Gasteiger partial charge in [0.05, 0.1) is 9.90 Å². The smallest absolute Gasteiger partial charge is 0.275 e. The first-order chi connectivity index (χ1) is 8.27. The van der Waals surface area contributed by atoms with Crippen LogP contribution in [0.1, 0.15) is 0 Å². The summed E-state index contributed by atoms with van der Waals surface area (Å²) in [7, 11) is 0. The lowest BCUT2D eigenvalue weighted by atomic mass is 10.3. The third-order valence-corrected chi connectivity index (χ3v) is 3.36. The number of benzene rings is 1. The maximum absolute atomic E-state index is 11.9. The Kier molecular flexibility index (Phi) is 2.47. The first-order valence-electron chi connectivity index (χ1n) is 5.07. The maximum Gasteiger partial charge on any atom is 0.275 e. The van der Waals surface area contributed by atoms with E-state index in [1.54, 1.807) is 0 Å². The van der Waals surface area contributed by atoms with Crippen LogP contribution in [0.4, 0.5) is 0 Å². The van der Waals surface area contributed by atoms with Gasteiger partial charge in [0.2, 0.25) is 0 Å². The third-order valence-electron chi connectivity index (χ3n) is 2.57. The first kappa shape index (κ1) is 10.5. The number of rotatable bonds is 1. The molecule has 0 amide bonds. The molecule has 17 heavy (non-hydrogen) atoms. The minimum atomic E-state index is -0.123. The molecule has 0 unspecified atom stereocenters. The van der Waals surface area contributed by atoms with Crippen molar-refractivity contribution in [1.82, 2.24) is 14.5 Å². The number of nitrogens with zero attached hydrogens (tertiary/aromatic N) is 2. The molecule has 0 aliphatic rings. The van der Waals surface area contributed by atoms with Gasteiger partial charge in [0.25, 0.3) is 5.56 Å². The van der Waals surface area contributed by atoms with Crippen molar-refractivity contribution in [3.8, 4) is 5.69 Å². The number of fused-ring (bicyclic) bond motifs is 1. The number of halogens is 1. The lowest BCUT2D eigenvalue weighted by Crippen LogP contribution is -2.09. The molecule has 0 radical (unpaired) electrons.